The first kappa shape index (κ1) is 17.4. The first-order valence-electron chi connectivity index (χ1n) is 7.57. The lowest BCUT2D eigenvalue weighted by Gasteiger charge is -2.13. The van der Waals surface area contributed by atoms with Crippen LogP contribution in [0, 0.1) is 18.6 Å². The summed E-state index contributed by atoms with van der Waals surface area (Å²) in [6.07, 6.45) is 3.54. The number of halogens is 2. The van der Waals surface area contributed by atoms with Crippen LogP contribution in [0.25, 0.3) is 11.1 Å². The molecule has 0 aliphatic heterocycles. The van der Waals surface area contributed by atoms with E-state index in [4.69, 9.17) is 4.74 Å². The largest absolute Gasteiger partial charge is 0.494 e. The van der Waals surface area contributed by atoms with E-state index in [0.717, 1.165) is 12.4 Å². The maximum atomic E-state index is 13.5. The molecule has 0 fully saturated rings. The Hall–Kier alpha value is -3.42. The van der Waals surface area contributed by atoms with Crippen LogP contribution in [0.2, 0.25) is 0 Å². The highest BCUT2D eigenvalue weighted by Crippen LogP contribution is 2.32. The van der Waals surface area contributed by atoms with Crippen molar-refractivity contribution in [2.45, 2.75) is 6.92 Å². The Morgan fingerprint density at radius 2 is 1.92 bits per heavy atom. The second-order valence-electron chi connectivity index (χ2n) is 5.38. The summed E-state index contributed by atoms with van der Waals surface area (Å²) in [5.74, 6) is -0.974. The highest BCUT2D eigenvalue weighted by Gasteiger charge is 2.17. The highest BCUT2D eigenvalue weighted by molar-refractivity contribution is 6.03. The standard InChI is InChI=1S/C18H14F2N4O2/c1-10-17(26-2)14(11-5-13(20)8-21-7-11)6-15(23-10)18(25)24-16-4-3-12(19)9-22-16/h3-9H,1-2H3,(H,22,24,25). The number of amides is 1. The van der Waals surface area contributed by atoms with E-state index in [1.807, 2.05) is 0 Å². The molecular weight excluding hydrogens is 342 g/mol. The fraction of sp³-hybridized carbons (Fsp3) is 0.111. The van der Waals surface area contributed by atoms with E-state index in [2.05, 4.69) is 20.3 Å². The molecule has 0 saturated carbocycles. The molecule has 26 heavy (non-hydrogen) atoms. The van der Waals surface area contributed by atoms with Crippen molar-refractivity contribution in [2.75, 3.05) is 12.4 Å². The molecule has 0 saturated heterocycles. The number of anilines is 1. The van der Waals surface area contributed by atoms with Crippen molar-refractivity contribution >= 4 is 11.7 Å². The van der Waals surface area contributed by atoms with Gasteiger partial charge >= 0.3 is 0 Å². The molecule has 8 heteroatoms. The van der Waals surface area contributed by atoms with Crippen LogP contribution in [-0.2, 0) is 0 Å². The summed E-state index contributed by atoms with van der Waals surface area (Å²) in [6.45, 7) is 1.67. The van der Waals surface area contributed by atoms with Crippen molar-refractivity contribution < 1.29 is 18.3 Å². The van der Waals surface area contributed by atoms with Gasteiger partial charge < -0.3 is 10.1 Å². The third-order valence-electron chi connectivity index (χ3n) is 3.56. The second kappa shape index (κ2) is 7.22. The van der Waals surface area contributed by atoms with Gasteiger partial charge in [-0.25, -0.2) is 18.7 Å². The monoisotopic (exact) mass is 356 g/mol. The number of methoxy groups -OCH3 is 1. The zero-order chi connectivity index (χ0) is 18.7. The van der Waals surface area contributed by atoms with Crippen LogP contribution < -0.4 is 10.1 Å². The molecule has 1 amide bonds. The number of hydrogen-bond acceptors (Lipinski definition) is 5. The fourth-order valence-electron chi connectivity index (χ4n) is 2.44. The van der Waals surface area contributed by atoms with E-state index in [1.165, 1.54) is 37.6 Å². The number of ether oxygens (including phenoxy) is 1. The number of nitrogens with one attached hydrogen (secondary N) is 1. The van der Waals surface area contributed by atoms with Crippen molar-refractivity contribution in [3.63, 3.8) is 0 Å². The Bertz CT molecular complexity index is 962. The number of aryl methyl sites for hydroxylation is 1. The molecule has 0 aromatic carbocycles. The third-order valence-corrected chi connectivity index (χ3v) is 3.56. The first-order chi connectivity index (χ1) is 12.5. The first-order valence-corrected chi connectivity index (χ1v) is 7.57. The maximum absolute atomic E-state index is 13.5. The SMILES string of the molecule is COc1c(-c2cncc(F)c2)cc(C(=O)Nc2ccc(F)cn2)nc1C. The van der Waals surface area contributed by atoms with Gasteiger partial charge in [0.1, 0.15) is 28.9 Å². The van der Waals surface area contributed by atoms with Crippen LogP contribution in [0.1, 0.15) is 16.2 Å². The lowest BCUT2D eigenvalue weighted by Crippen LogP contribution is -2.15. The van der Waals surface area contributed by atoms with E-state index in [1.54, 1.807) is 6.92 Å². The predicted molar refractivity (Wildman–Crippen MR) is 90.9 cm³/mol. The summed E-state index contributed by atoms with van der Waals surface area (Å²) in [4.78, 5) is 24.3. The summed E-state index contributed by atoms with van der Waals surface area (Å²) in [7, 11) is 1.46. The van der Waals surface area contributed by atoms with Gasteiger partial charge in [0.2, 0.25) is 0 Å². The summed E-state index contributed by atoms with van der Waals surface area (Å²) in [6, 6.07) is 5.27. The number of carbonyl (C=O) groups is 1. The van der Waals surface area contributed by atoms with Gasteiger partial charge in [-0.05, 0) is 31.2 Å². The van der Waals surface area contributed by atoms with E-state index in [-0.39, 0.29) is 11.5 Å². The van der Waals surface area contributed by atoms with Gasteiger partial charge in [0.05, 0.1) is 25.2 Å². The van der Waals surface area contributed by atoms with Crippen LogP contribution >= 0.6 is 0 Å². The van der Waals surface area contributed by atoms with Crippen molar-refractivity contribution in [1.29, 1.82) is 0 Å². The average molecular weight is 356 g/mol. The topological polar surface area (TPSA) is 77.0 Å². The van der Waals surface area contributed by atoms with Crippen molar-refractivity contribution in [1.82, 2.24) is 15.0 Å². The minimum absolute atomic E-state index is 0.0775. The molecule has 0 spiro atoms. The van der Waals surface area contributed by atoms with Crippen LogP contribution in [-0.4, -0.2) is 28.0 Å². The number of pyridine rings is 3. The van der Waals surface area contributed by atoms with Crippen molar-refractivity contribution in [3.8, 4) is 16.9 Å². The molecule has 3 aromatic heterocycles. The van der Waals surface area contributed by atoms with Gasteiger partial charge in [0.15, 0.2) is 0 Å². The molecule has 3 rings (SSSR count). The normalized spacial score (nSPS) is 10.5. The highest BCUT2D eigenvalue weighted by atomic mass is 19.1. The Balaban J connectivity index is 2.00. The van der Waals surface area contributed by atoms with Gasteiger partial charge in [0, 0.05) is 17.3 Å². The number of carbonyl (C=O) groups excluding carboxylic acids is 1. The maximum Gasteiger partial charge on any atom is 0.275 e. The van der Waals surface area contributed by atoms with Gasteiger partial charge in [-0.2, -0.15) is 0 Å². The van der Waals surface area contributed by atoms with Crippen LogP contribution in [0.5, 0.6) is 5.75 Å². The number of hydrogen-bond donors (Lipinski definition) is 1. The molecule has 1 N–H and O–H groups in total. The molecule has 0 radical (unpaired) electrons. The average Bonchev–Trinajstić information content (AvgIpc) is 2.63. The molecule has 0 bridgehead atoms. The summed E-state index contributed by atoms with van der Waals surface area (Å²) < 4.78 is 31.8. The van der Waals surface area contributed by atoms with E-state index < -0.39 is 17.5 Å². The summed E-state index contributed by atoms with van der Waals surface area (Å²) in [5, 5.41) is 2.53. The van der Waals surface area contributed by atoms with Gasteiger partial charge in [-0.3, -0.25) is 9.78 Å². The van der Waals surface area contributed by atoms with Crippen LogP contribution in [0.3, 0.4) is 0 Å². The zero-order valence-corrected chi connectivity index (χ0v) is 14.0. The molecule has 132 valence electrons. The minimum Gasteiger partial charge on any atom is -0.494 e. The van der Waals surface area contributed by atoms with Gasteiger partial charge in [-0.1, -0.05) is 0 Å². The van der Waals surface area contributed by atoms with E-state index >= 15 is 0 Å². The van der Waals surface area contributed by atoms with Crippen molar-refractivity contribution in [2.24, 2.45) is 0 Å². The molecule has 3 heterocycles. The second-order valence-corrected chi connectivity index (χ2v) is 5.38. The third kappa shape index (κ3) is 3.64. The summed E-state index contributed by atoms with van der Waals surface area (Å²) >= 11 is 0. The van der Waals surface area contributed by atoms with E-state index in [9.17, 15) is 13.6 Å². The Labute approximate surface area is 147 Å². The van der Waals surface area contributed by atoms with Gasteiger partial charge in [0.25, 0.3) is 5.91 Å². The number of rotatable bonds is 4. The molecule has 6 nitrogen and oxygen atoms in total. The molecular formula is C18H14F2N4O2. The smallest absolute Gasteiger partial charge is 0.275 e. The van der Waals surface area contributed by atoms with Gasteiger partial charge in [-0.15, -0.1) is 0 Å². The minimum atomic E-state index is -0.541. The Morgan fingerprint density at radius 3 is 2.58 bits per heavy atom. The lowest BCUT2D eigenvalue weighted by molar-refractivity contribution is 0.102. The molecule has 0 aliphatic rings. The quantitative estimate of drug-likeness (QED) is 0.775. The Morgan fingerprint density at radius 1 is 1.12 bits per heavy atom. The zero-order valence-electron chi connectivity index (χ0n) is 14.0. The Kier molecular flexibility index (Phi) is 4.83. The van der Waals surface area contributed by atoms with Crippen LogP contribution in [0.15, 0.2) is 42.9 Å². The number of aromatic nitrogens is 3. The summed E-state index contributed by atoms with van der Waals surface area (Å²) in [5.41, 5.74) is 1.45. The molecule has 0 atom stereocenters. The molecule has 0 unspecified atom stereocenters. The van der Waals surface area contributed by atoms with Crippen molar-refractivity contribution in [3.05, 3.63) is 65.9 Å². The van der Waals surface area contributed by atoms with E-state index in [0.29, 0.717) is 22.6 Å². The fourth-order valence-corrected chi connectivity index (χ4v) is 2.44. The predicted octanol–water partition coefficient (Wildman–Crippen LogP) is 3.39. The number of nitrogens with zero attached hydrogens (tertiary/aromatic N) is 3. The van der Waals surface area contributed by atoms with Crippen LogP contribution in [0.4, 0.5) is 14.6 Å². The molecule has 3 aromatic rings. The lowest BCUT2D eigenvalue weighted by atomic mass is 10.0. The molecule has 0 aliphatic carbocycles.